The van der Waals surface area contributed by atoms with Gasteiger partial charge in [-0.2, -0.15) is 0 Å². The Kier molecular flexibility index (Phi) is 5.56. The zero-order chi connectivity index (χ0) is 19.2. The number of aromatic hydroxyl groups is 1. The molecule has 0 saturated carbocycles. The molecule has 0 atom stereocenters. The fraction of sp³-hybridized carbons (Fsp3) is 0.143. The molecule has 1 aromatic heterocycles. The van der Waals surface area contributed by atoms with E-state index in [2.05, 4.69) is 4.74 Å². The van der Waals surface area contributed by atoms with Gasteiger partial charge in [0.2, 0.25) is 0 Å². The number of methoxy groups -OCH3 is 1. The summed E-state index contributed by atoms with van der Waals surface area (Å²) in [5.74, 6) is -1.02. The molecule has 0 aliphatic heterocycles. The molecule has 0 aliphatic rings. The summed E-state index contributed by atoms with van der Waals surface area (Å²) < 4.78 is 11.2. The first-order chi connectivity index (χ1) is 13.1. The second-order valence-corrected chi connectivity index (χ2v) is 5.90. The number of carbonyl (C=O) groups is 2. The van der Waals surface area contributed by atoms with Gasteiger partial charge in [-0.25, -0.2) is 9.59 Å². The minimum Gasteiger partial charge on any atom is -0.505 e. The molecule has 0 amide bonds. The van der Waals surface area contributed by atoms with Crippen molar-refractivity contribution < 1.29 is 24.2 Å². The topological polar surface area (TPSA) is 77.8 Å². The number of benzene rings is 2. The maximum Gasteiger partial charge on any atom is 0.418 e. The third kappa shape index (κ3) is 4.17. The van der Waals surface area contributed by atoms with E-state index >= 15 is 0 Å². The number of hydrogen-bond donors (Lipinski definition) is 1. The molecule has 0 unspecified atom stereocenters. The lowest BCUT2D eigenvalue weighted by atomic mass is 10.1. The van der Waals surface area contributed by atoms with Crippen LogP contribution in [-0.4, -0.2) is 28.8 Å². The van der Waals surface area contributed by atoms with E-state index in [9.17, 15) is 14.7 Å². The predicted molar refractivity (Wildman–Crippen MR) is 98.7 cm³/mol. The summed E-state index contributed by atoms with van der Waals surface area (Å²) >= 11 is 0. The molecule has 0 aliphatic carbocycles. The average Bonchev–Trinajstić information content (AvgIpc) is 3.03. The third-order valence-corrected chi connectivity index (χ3v) is 4.10. The summed E-state index contributed by atoms with van der Waals surface area (Å²) in [6, 6.07) is 18.6. The standard InChI is InChI=1S/C21H19NO5/c1-26-20(24)17-13-22(21(25)27-14-16-10-6-3-7-11-16)18(19(17)23)12-15-8-4-2-5-9-15/h2-11,13,23H,12,14H2,1H3. The van der Waals surface area contributed by atoms with Crippen LogP contribution in [0.2, 0.25) is 0 Å². The van der Waals surface area contributed by atoms with E-state index in [1.807, 2.05) is 60.7 Å². The highest BCUT2D eigenvalue weighted by Gasteiger charge is 2.25. The predicted octanol–water partition coefficient (Wildman–Crippen LogP) is 3.76. The Morgan fingerprint density at radius 1 is 0.963 bits per heavy atom. The number of carbonyl (C=O) groups excluding carboxylic acids is 2. The van der Waals surface area contributed by atoms with Crippen molar-refractivity contribution in [3.8, 4) is 5.75 Å². The van der Waals surface area contributed by atoms with Gasteiger partial charge in [-0.3, -0.25) is 4.57 Å². The Labute approximate surface area is 156 Å². The van der Waals surface area contributed by atoms with Crippen LogP contribution in [0.15, 0.2) is 66.9 Å². The lowest BCUT2D eigenvalue weighted by molar-refractivity contribution is 0.0597. The molecule has 138 valence electrons. The molecule has 27 heavy (non-hydrogen) atoms. The van der Waals surface area contributed by atoms with Crippen LogP contribution in [0.5, 0.6) is 5.75 Å². The minimum absolute atomic E-state index is 0.0803. The van der Waals surface area contributed by atoms with E-state index in [4.69, 9.17) is 4.74 Å². The van der Waals surface area contributed by atoms with Crippen LogP contribution in [0.1, 0.15) is 27.2 Å². The smallest absolute Gasteiger partial charge is 0.418 e. The van der Waals surface area contributed by atoms with Crippen molar-refractivity contribution in [2.45, 2.75) is 13.0 Å². The summed E-state index contributed by atoms with van der Waals surface area (Å²) in [4.78, 5) is 24.5. The number of rotatable bonds is 5. The first-order valence-electron chi connectivity index (χ1n) is 8.36. The number of hydrogen-bond acceptors (Lipinski definition) is 5. The van der Waals surface area contributed by atoms with Gasteiger partial charge in [-0.1, -0.05) is 60.7 Å². The number of nitrogens with zero attached hydrogens (tertiary/aromatic N) is 1. The molecule has 3 rings (SSSR count). The molecule has 6 heteroatoms. The van der Waals surface area contributed by atoms with Crippen LogP contribution in [0.25, 0.3) is 0 Å². The van der Waals surface area contributed by atoms with Crippen molar-refractivity contribution in [3.63, 3.8) is 0 Å². The fourth-order valence-corrected chi connectivity index (χ4v) is 2.71. The van der Waals surface area contributed by atoms with Crippen molar-refractivity contribution in [1.29, 1.82) is 0 Å². The van der Waals surface area contributed by atoms with Gasteiger partial charge < -0.3 is 14.6 Å². The molecule has 0 spiro atoms. The minimum atomic E-state index is -0.726. The monoisotopic (exact) mass is 365 g/mol. The Morgan fingerprint density at radius 2 is 1.56 bits per heavy atom. The van der Waals surface area contributed by atoms with E-state index in [-0.39, 0.29) is 30.0 Å². The fourth-order valence-electron chi connectivity index (χ4n) is 2.71. The quantitative estimate of drug-likeness (QED) is 0.697. The molecular weight excluding hydrogens is 346 g/mol. The molecule has 1 heterocycles. The average molecular weight is 365 g/mol. The summed E-state index contributed by atoms with van der Waals surface area (Å²) in [7, 11) is 1.21. The molecule has 0 bridgehead atoms. The molecule has 0 saturated heterocycles. The SMILES string of the molecule is COC(=O)c1cn(C(=O)OCc2ccccc2)c(Cc2ccccc2)c1O. The highest BCUT2D eigenvalue weighted by molar-refractivity contribution is 5.94. The van der Waals surface area contributed by atoms with Crippen molar-refractivity contribution in [2.24, 2.45) is 0 Å². The second-order valence-electron chi connectivity index (χ2n) is 5.90. The van der Waals surface area contributed by atoms with Gasteiger partial charge in [0.1, 0.15) is 12.2 Å². The third-order valence-electron chi connectivity index (χ3n) is 4.10. The van der Waals surface area contributed by atoms with Gasteiger partial charge in [0.25, 0.3) is 0 Å². The zero-order valence-corrected chi connectivity index (χ0v) is 14.8. The van der Waals surface area contributed by atoms with Crippen molar-refractivity contribution in [1.82, 2.24) is 4.57 Å². The zero-order valence-electron chi connectivity index (χ0n) is 14.8. The highest BCUT2D eigenvalue weighted by Crippen LogP contribution is 2.28. The lowest BCUT2D eigenvalue weighted by Gasteiger charge is -2.09. The van der Waals surface area contributed by atoms with Crippen LogP contribution < -0.4 is 0 Å². The van der Waals surface area contributed by atoms with E-state index in [0.717, 1.165) is 15.7 Å². The summed E-state index contributed by atoms with van der Waals surface area (Å²) in [6.07, 6.45) is 0.812. The van der Waals surface area contributed by atoms with Crippen LogP contribution in [0, 0.1) is 0 Å². The Balaban J connectivity index is 1.89. The van der Waals surface area contributed by atoms with Gasteiger partial charge in [0.05, 0.1) is 12.8 Å². The van der Waals surface area contributed by atoms with Crippen LogP contribution in [-0.2, 0) is 22.5 Å². The van der Waals surface area contributed by atoms with Gasteiger partial charge in [0.15, 0.2) is 5.75 Å². The van der Waals surface area contributed by atoms with E-state index in [0.29, 0.717) is 0 Å². The van der Waals surface area contributed by atoms with Crippen molar-refractivity contribution in [2.75, 3.05) is 7.11 Å². The van der Waals surface area contributed by atoms with Gasteiger partial charge >= 0.3 is 12.1 Å². The van der Waals surface area contributed by atoms with E-state index < -0.39 is 12.1 Å². The van der Waals surface area contributed by atoms with Crippen LogP contribution in [0.3, 0.4) is 0 Å². The Bertz CT molecular complexity index is 932. The second kappa shape index (κ2) is 8.23. The molecule has 0 radical (unpaired) electrons. The van der Waals surface area contributed by atoms with Gasteiger partial charge in [0, 0.05) is 12.6 Å². The highest BCUT2D eigenvalue weighted by atomic mass is 16.5. The first kappa shape index (κ1) is 18.3. The van der Waals surface area contributed by atoms with Crippen LogP contribution in [0.4, 0.5) is 4.79 Å². The number of ether oxygens (including phenoxy) is 2. The molecular formula is C21H19NO5. The Hall–Kier alpha value is -3.54. The maximum atomic E-state index is 12.6. The normalized spacial score (nSPS) is 10.4. The summed E-state index contributed by atoms with van der Waals surface area (Å²) in [5.41, 5.74) is 1.89. The number of aromatic nitrogens is 1. The first-order valence-corrected chi connectivity index (χ1v) is 8.36. The van der Waals surface area contributed by atoms with E-state index in [1.54, 1.807) is 0 Å². The summed E-state index contributed by atoms with van der Waals surface area (Å²) in [6.45, 7) is 0.0803. The summed E-state index contributed by atoms with van der Waals surface area (Å²) in [5, 5.41) is 10.5. The molecule has 0 fully saturated rings. The van der Waals surface area contributed by atoms with Crippen molar-refractivity contribution in [3.05, 3.63) is 89.2 Å². The molecule has 6 nitrogen and oxygen atoms in total. The van der Waals surface area contributed by atoms with Gasteiger partial charge in [-0.15, -0.1) is 0 Å². The van der Waals surface area contributed by atoms with Crippen LogP contribution >= 0.6 is 0 Å². The van der Waals surface area contributed by atoms with Crippen molar-refractivity contribution >= 4 is 12.1 Å². The van der Waals surface area contributed by atoms with E-state index in [1.165, 1.54) is 13.3 Å². The molecule has 3 aromatic rings. The lowest BCUT2D eigenvalue weighted by Crippen LogP contribution is -2.15. The number of esters is 1. The largest absolute Gasteiger partial charge is 0.505 e. The molecule has 1 N–H and O–H groups in total. The van der Waals surface area contributed by atoms with Gasteiger partial charge in [-0.05, 0) is 11.1 Å². The molecule has 2 aromatic carbocycles. The maximum absolute atomic E-state index is 12.6. The Morgan fingerprint density at radius 3 is 2.15 bits per heavy atom.